The summed E-state index contributed by atoms with van der Waals surface area (Å²) in [5.41, 5.74) is 1.38. The first-order chi connectivity index (χ1) is 11.6. The first-order valence-corrected chi connectivity index (χ1v) is 8.50. The molecular weight excluding hydrogens is 304 g/mol. The predicted octanol–water partition coefficient (Wildman–Crippen LogP) is 1.90. The summed E-state index contributed by atoms with van der Waals surface area (Å²) in [6.45, 7) is 9.61. The molecule has 0 fully saturated rings. The van der Waals surface area contributed by atoms with Crippen LogP contribution in [0, 0.1) is 0 Å². The Labute approximate surface area is 143 Å². The number of nitrogens with zero attached hydrogens (tertiary/aromatic N) is 5. The second kappa shape index (κ2) is 9.12. The van der Waals surface area contributed by atoms with Crippen LogP contribution < -0.4 is 5.32 Å². The van der Waals surface area contributed by atoms with Crippen molar-refractivity contribution in [2.24, 2.45) is 0 Å². The van der Waals surface area contributed by atoms with Crippen LogP contribution in [-0.2, 0) is 0 Å². The van der Waals surface area contributed by atoms with E-state index in [2.05, 4.69) is 39.6 Å². The van der Waals surface area contributed by atoms with Gasteiger partial charge >= 0.3 is 0 Å². The zero-order chi connectivity index (χ0) is 17.4. The van der Waals surface area contributed by atoms with Crippen LogP contribution in [0.3, 0.4) is 0 Å². The third-order valence-corrected chi connectivity index (χ3v) is 4.11. The molecule has 2 rings (SSSR count). The Morgan fingerprint density at radius 2 is 2.12 bits per heavy atom. The Morgan fingerprint density at radius 1 is 1.33 bits per heavy atom. The number of benzene rings is 1. The maximum atomic E-state index is 12.4. The Hall–Kier alpha value is -2.28. The smallest absolute Gasteiger partial charge is 0.251 e. The van der Waals surface area contributed by atoms with Gasteiger partial charge in [-0.3, -0.25) is 4.79 Å². The van der Waals surface area contributed by atoms with Gasteiger partial charge in [0, 0.05) is 11.6 Å². The molecular formula is C17H26N6O. The molecule has 1 aromatic heterocycles. The van der Waals surface area contributed by atoms with E-state index >= 15 is 0 Å². The van der Waals surface area contributed by atoms with Crippen LogP contribution in [0.1, 0.15) is 44.0 Å². The van der Waals surface area contributed by atoms with Crippen molar-refractivity contribution in [3.05, 3.63) is 36.2 Å². The number of aromatic nitrogens is 4. The van der Waals surface area contributed by atoms with E-state index in [1.807, 2.05) is 19.1 Å². The first-order valence-electron chi connectivity index (χ1n) is 8.50. The average molecular weight is 330 g/mol. The maximum Gasteiger partial charge on any atom is 0.251 e. The molecule has 24 heavy (non-hydrogen) atoms. The number of hydrogen-bond donors (Lipinski definition) is 1. The molecule has 0 aliphatic carbocycles. The van der Waals surface area contributed by atoms with Crippen LogP contribution in [0.15, 0.2) is 30.6 Å². The van der Waals surface area contributed by atoms with E-state index in [0.717, 1.165) is 38.2 Å². The van der Waals surface area contributed by atoms with Crippen LogP contribution in [0.5, 0.6) is 0 Å². The van der Waals surface area contributed by atoms with Crippen LogP contribution in [0.4, 0.5) is 0 Å². The van der Waals surface area contributed by atoms with E-state index in [4.69, 9.17) is 0 Å². The van der Waals surface area contributed by atoms with Gasteiger partial charge < -0.3 is 10.2 Å². The highest BCUT2D eigenvalue weighted by molar-refractivity contribution is 5.94. The van der Waals surface area contributed by atoms with E-state index in [0.29, 0.717) is 5.56 Å². The van der Waals surface area contributed by atoms with Gasteiger partial charge in [-0.15, -0.1) is 5.10 Å². The molecule has 7 heteroatoms. The van der Waals surface area contributed by atoms with Crippen molar-refractivity contribution in [1.82, 2.24) is 30.4 Å². The number of carbonyl (C=O) groups is 1. The second-order valence-electron chi connectivity index (χ2n) is 5.85. The van der Waals surface area contributed by atoms with Gasteiger partial charge in [0.15, 0.2) is 0 Å². The fraction of sp³-hybridized carbons (Fsp3) is 0.529. The molecule has 0 saturated heterocycles. The van der Waals surface area contributed by atoms with Crippen LogP contribution in [0.25, 0.3) is 5.69 Å². The number of nitrogens with one attached hydrogen (secondary N) is 1. The Kier molecular flexibility index (Phi) is 6.87. The van der Waals surface area contributed by atoms with Crippen molar-refractivity contribution in [1.29, 1.82) is 0 Å². The summed E-state index contributed by atoms with van der Waals surface area (Å²) in [4.78, 5) is 14.8. The molecule has 2 aromatic rings. The zero-order valence-electron chi connectivity index (χ0n) is 14.6. The molecule has 0 bridgehead atoms. The predicted molar refractivity (Wildman–Crippen MR) is 93.1 cm³/mol. The molecule has 1 amide bonds. The lowest BCUT2D eigenvalue weighted by Gasteiger charge is -2.19. The van der Waals surface area contributed by atoms with Crippen LogP contribution in [-0.4, -0.2) is 56.7 Å². The van der Waals surface area contributed by atoms with E-state index in [9.17, 15) is 4.79 Å². The van der Waals surface area contributed by atoms with Gasteiger partial charge in [0.1, 0.15) is 6.33 Å². The SMILES string of the molecule is CCN(CC)CCCC(C)NC(=O)c1cccc(-n2cnnn2)c1. The minimum atomic E-state index is -0.0692. The molecule has 1 heterocycles. The van der Waals surface area contributed by atoms with Gasteiger partial charge in [-0.1, -0.05) is 19.9 Å². The van der Waals surface area contributed by atoms with Gasteiger partial charge in [-0.25, -0.2) is 4.68 Å². The highest BCUT2D eigenvalue weighted by atomic mass is 16.1. The quantitative estimate of drug-likeness (QED) is 0.760. The number of rotatable bonds is 9. The van der Waals surface area contributed by atoms with Gasteiger partial charge in [0.05, 0.1) is 5.69 Å². The lowest BCUT2D eigenvalue weighted by Crippen LogP contribution is -2.33. The standard InChI is InChI=1S/C17H26N6O/c1-4-22(5-2)11-7-8-14(3)19-17(24)15-9-6-10-16(12-15)23-13-18-20-21-23/h6,9-10,12-14H,4-5,7-8,11H2,1-3H3,(H,19,24). The molecule has 0 aliphatic rings. The largest absolute Gasteiger partial charge is 0.350 e. The summed E-state index contributed by atoms with van der Waals surface area (Å²) in [5.74, 6) is -0.0692. The minimum Gasteiger partial charge on any atom is -0.350 e. The number of amides is 1. The molecule has 7 nitrogen and oxygen atoms in total. The van der Waals surface area contributed by atoms with Crippen LogP contribution >= 0.6 is 0 Å². The number of hydrogen-bond acceptors (Lipinski definition) is 5. The fourth-order valence-electron chi connectivity index (χ4n) is 2.61. The lowest BCUT2D eigenvalue weighted by atomic mass is 10.1. The molecule has 1 N–H and O–H groups in total. The molecule has 0 aliphatic heterocycles. The molecule has 1 atom stereocenters. The topological polar surface area (TPSA) is 75.9 Å². The molecule has 1 unspecified atom stereocenters. The highest BCUT2D eigenvalue weighted by Gasteiger charge is 2.11. The van der Waals surface area contributed by atoms with E-state index in [1.165, 1.54) is 11.0 Å². The van der Waals surface area contributed by atoms with Crippen molar-refractivity contribution in [3.63, 3.8) is 0 Å². The zero-order valence-corrected chi connectivity index (χ0v) is 14.6. The molecule has 1 aromatic carbocycles. The van der Waals surface area contributed by atoms with Crippen LogP contribution in [0.2, 0.25) is 0 Å². The fourth-order valence-corrected chi connectivity index (χ4v) is 2.61. The molecule has 0 radical (unpaired) electrons. The number of carbonyl (C=O) groups excluding carboxylic acids is 1. The van der Waals surface area contributed by atoms with Gasteiger partial charge in [0.2, 0.25) is 0 Å². The van der Waals surface area contributed by atoms with Crippen molar-refractivity contribution < 1.29 is 4.79 Å². The normalized spacial score (nSPS) is 12.3. The summed E-state index contributed by atoms with van der Waals surface area (Å²) in [7, 11) is 0. The Balaban J connectivity index is 1.87. The van der Waals surface area contributed by atoms with E-state index < -0.39 is 0 Å². The third kappa shape index (κ3) is 5.13. The third-order valence-electron chi connectivity index (χ3n) is 4.11. The monoisotopic (exact) mass is 330 g/mol. The van der Waals surface area contributed by atoms with E-state index in [-0.39, 0.29) is 11.9 Å². The molecule has 0 spiro atoms. The summed E-state index contributed by atoms with van der Waals surface area (Å²) in [6, 6.07) is 7.42. The maximum absolute atomic E-state index is 12.4. The number of tetrazole rings is 1. The summed E-state index contributed by atoms with van der Waals surface area (Å²) < 4.78 is 1.53. The minimum absolute atomic E-state index is 0.0692. The van der Waals surface area contributed by atoms with Crippen molar-refractivity contribution in [3.8, 4) is 5.69 Å². The second-order valence-corrected chi connectivity index (χ2v) is 5.85. The Bertz CT molecular complexity index is 624. The lowest BCUT2D eigenvalue weighted by molar-refractivity contribution is 0.0937. The average Bonchev–Trinajstić information content (AvgIpc) is 3.13. The van der Waals surface area contributed by atoms with Crippen molar-refractivity contribution >= 4 is 5.91 Å². The van der Waals surface area contributed by atoms with Gasteiger partial charge in [0.25, 0.3) is 5.91 Å². The first kappa shape index (κ1) is 18.1. The summed E-state index contributed by atoms with van der Waals surface area (Å²) in [5, 5.41) is 14.1. The molecule has 130 valence electrons. The highest BCUT2D eigenvalue weighted by Crippen LogP contribution is 2.09. The van der Waals surface area contributed by atoms with E-state index in [1.54, 1.807) is 12.1 Å². The van der Waals surface area contributed by atoms with Crippen molar-refractivity contribution in [2.75, 3.05) is 19.6 Å². The molecule has 0 saturated carbocycles. The summed E-state index contributed by atoms with van der Waals surface area (Å²) in [6.07, 6.45) is 3.55. The van der Waals surface area contributed by atoms with Crippen molar-refractivity contribution in [2.45, 2.75) is 39.7 Å². The Morgan fingerprint density at radius 3 is 2.79 bits per heavy atom. The van der Waals surface area contributed by atoms with Gasteiger partial charge in [-0.2, -0.15) is 0 Å². The van der Waals surface area contributed by atoms with Gasteiger partial charge in [-0.05, 0) is 68.0 Å². The summed E-state index contributed by atoms with van der Waals surface area (Å²) >= 11 is 0.